The summed E-state index contributed by atoms with van der Waals surface area (Å²) in [5.74, 6) is -1.08. The third kappa shape index (κ3) is 2.82. The van der Waals surface area contributed by atoms with Gasteiger partial charge in [-0.15, -0.1) is 0 Å². The molecule has 0 radical (unpaired) electrons. The number of benzene rings is 2. The summed E-state index contributed by atoms with van der Waals surface area (Å²) >= 11 is 0. The predicted octanol–water partition coefficient (Wildman–Crippen LogP) is 4.81. The summed E-state index contributed by atoms with van der Waals surface area (Å²) in [6, 6.07) is 6.88. The normalized spacial score (nSPS) is 10.7. The van der Waals surface area contributed by atoms with Crippen molar-refractivity contribution in [2.24, 2.45) is 0 Å². The lowest BCUT2D eigenvalue weighted by Gasteiger charge is -2.13. The van der Waals surface area contributed by atoms with Gasteiger partial charge in [0.05, 0.1) is 0 Å². The minimum Gasteiger partial charge on any atom is -0.376 e. The molecular formula is C17H19F2N. The molecule has 0 unspecified atom stereocenters. The monoisotopic (exact) mass is 275 g/mol. The van der Waals surface area contributed by atoms with Gasteiger partial charge in [-0.1, -0.05) is 18.2 Å². The molecule has 2 rings (SSSR count). The molecule has 0 spiro atoms. The SMILES string of the molecule is Cc1cc(C)c(CNc2c(F)ccc(C)c2F)cc1C. The lowest BCUT2D eigenvalue weighted by Crippen LogP contribution is -2.06. The zero-order chi connectivity index (χ0) is 14.9. The first-order valence-electron chi connectivity index (χ1n) is 6.65. The molecule has 0 aromatic heterocycles. The zero-order valence-corrected chi connectivity index (χ0v) is 12.3. The van der Waals surface area contributed by atoms with Gasteiger partial charge >= 0.3 is 0 Å². The fourth-order valence-electron chi connectivity index (χ4n) is 2.21. The second-order valence-electron chi connectivity index (χ2n) is 5.27. The number of anilines is 1. The maximum absolute atomic E-state index is 13.9. The van der Waals surface area contributed by atoms with Crippen LogP contribution in [0.3, 0.4) is 0 Å². The van der Waals surface area contributed by atoms with Crippen LogP contribution in [-0.4, -0.2) is 0 Å². The maximum atomic E-state index is 13.9. The second-order valence-corrected chi connectivity index (χ2v) is 5.27. The molecule has 0 atom stereocenters. The summed E-state index contributed by atoms with van der Waals surface area (Å²) in [5.41, 5.74) is 4.95. The molecule has 2 aromatic carbocycles. The first kappa shape index (κ1) is 14.5. The largest absolute Gasteiger partial charge is 0.376 e. The van der Waals surface area contributed by atoms with Crippen molar-refractivity contribution >= 4 is 5.69 Å². The minimum absolute atomic E-state index is 0.0531. The van der Waals surface area contributed by atoms with Crippen molar-refractivity contribution in [3.05, 3.63) is 63.7 Å². The second kappa shape index (κ2) is 5.61. The highest BCUT2D eigenvalue weighted by atomic mass is 19.1. The number of nitrogens with one attached hydrogen (secondary N) is 1. The van der Waals surface area contributed by atoms with E-state index in [4.69, 9.17) is 0 Å². The number of halogens is 2. The van der Waals surface area contributed by atoms with Crippen LogP contribution in [-0.2, 0) is 6.54 Å². The Morgan fingerprint density at radius 2 is 1.50 bits per heavy atom. The number of hydrogen-bond donors (Lipinski definition) is 1. The third-order valence-electron chi connectivity index (χ3n) is 3.69. The van der Waals surface area contributed by atoms with Crippen molar-refractivity contribution in [2.45, 2.75) is 34.2 Å². The van der Waals surface area contributed by atoms with Gasteiger partial charge < -0.3 is 5.32 Å². The molecular weight excluding hydrogens is 256 g/mol. The van der Waals surface area contributed by atoms with Crippen LogP contribution in [0.25, 0.3) is 0 Å². The molecule has 0 saturated carbocycles. The Morgan fingerprint density at radius 3 is 2.20 bits per heavy atom. The van der Waals surface area contributed by atoms with E-state index in [1.54, 1.807) is 6.92 Å². The Morgan fingerprint density at radius 1 is 0.850 bits per heavy atom. The summed E-state index contributed by atoms with van der Waals surface area (Å²) in [5, 5.41) is 2.88. The van der Waals surface area contributed by atoms with Crippen molar-refractivity contribution < 1.29 is 8.78 Å². The molecule has 1 N–H and O–H groups in total. The Bertz CT molecular complexity index is 648. The predicted molar refractivity (Wildman–Crippen MR) is 79.1 cm³/mol. The van der Waals surface area contributed by atoms with E-state index in [0.717, 1.165) is 11.1 Å². The molecule has 0 amide bonds. The van der Waals surface area contributed by atoms with E-state index in [9.17, 15) is 8.78 Å². The average molecular weight is 275 g/mol. The summed E-state index contributed by atoms with van der Waals surface area (Å²) in [6.07, 6.45) is 0. The van der Waals surface area contributed by atoms with E-state index in [0.29, 0.717) is 12.1 Å². The zero-order valence-electron chi connectivity index (χ0n) is 12.3. The van der Waals surface area contributed by atoms with Gasteiger partial charge in [0.25, 0.3) is 0 Å². The van der Waals surface area contributed by atoms with Crippen molar-refractivity contribution in [1.29, 1.82) is 0 Å². The highest BCUT2D eigenvalue weighted by Crippen LogP contribution is 2.23. The van der Waals surface area contributed by atoms with Crippen molar-refractivity contribution in [1.82, 2.24) is 0 Å². The van der Waals surface area contributed by atoms with Crippen LogP contribution in [0.5, 0.6) is 0 Å². The van der Waals surface area contributed by atoms with Crippen LogP contribution in [0.2, 0.25) is 0 Å². The van der Waals surface area contributed by atoms with Gasteiger partial charge in [0, 0.05) is 6.54 Å². The van der Waals surface area contributed by atoms with Crippen LogP contribution in [0, 0.1) is 39.3 Å². The molecule has 0 aliphatic rings. The molecule has 0 heterocycles. The van der Waals surface area contributed by atoms with E-state index in [1.807, 2.05) is 13.8 Å². The summed E-state index contributed by atoms with van der Waals surface area (Å²) in [7, 11) is 0. The highest BCUT2D eigenvalue weighted by molar-refractivity contribution is 5.50. The quantitative estimate of drug-likeness (QED) is 0.847. The van der Waals surface area contributed by atoms with Crippen LogP contribution >= 0.6 is 0 Å². The summed E-state index contributed by atoms with van der Waals surface area (Å²) < 4.78 is 27.6. The molecule has 0 bridgehead atoms. The van der Waals surface area contributed by atoms with Crippen molar-refractivity contribution in [2.75, 3.05) is 5.32 Å². The van der Waals surface area contributed by atoms with E-state index in [2.05, 4.69) is 24.4 Å². The van der Waals surface area contributed by atoms with E-state index < -0.39 is 11.6 Å². The van der Waals surface area contributed by atoms with Gasteiger partial charge in [-0.2, -0.15) is 0 Å². The first-order valence-corrected chi connectivity index (χ1v) is 6.65. The third-order valence-corrected chi connectivity index (χ3v) is 3.69. The molecule has 3 heteroatoms. The standard InChI is InChI=1S/C17H19F2N/c1-10-5-6-15(18)17(16(10)19)20-9-14-8-12(3)11(2)7-13(14)4/h5-8,20H,9H2,1-4H3. The van der Waals surface area contributed by atoms with Crippen LogP contribution in [0.15, 0.2) is 24.3 Å². The highest BCUT2D eigenvalue weighted by Gasteiger charge is 2.11. The molecule has 20 heavy (non-hydrogen) atoms. The van der Waals surface area contributed by atoms with Crippen molar-refractivity contribution in [3.63, 3.8) is 0 Å². The first-order chi connectivity index (χ1) is 9.40. The van der Waals surface area contributed by atoms with E-state index >= 15 is 0 Å². The lowest BCUT2D eigenvalue weighted by molar-refractivity contribution is 0.582. The van der Waals surface area contributed by atoms with E-state index in [-0.39, 0.29) is 5.69 Å². The molecule has 0 saturated heterocycles. The fourth-order valence-corrected chi connectivity index (χ4v) is 2.21. The Kier molecular flexibility index (Phi) is 4.07. The average Bonchev–Trinajstić information content (AvgIpc) is 2.40. The van der Waals surface area contributed by atoms with Crippen LogP contribution in [0.1, 0.15) is 27.8 Å². The van der Waals surface area contributed by atoms with Crippen LogP contribution < -0.4 is 5.32 Å². The Hall–Kier alpha value is -1.90. The number of hydrogen-bond acceptors (Lipinski definition) is 1. The van der Waals surface area contributed by atoms with Crippen molar-refractivity contribution in [3.8, 4) is 0 Å². The Labute approximate surface area is 118 Å². The van der Waals surface area contributed by atoms with Gasteiger partial charge in [0.1, 0.15) is 11.5 Å². The lowest BCUT2D eigenvalue weighted by atomic mass is 10.0. The van der Waals surface area contributed by atoms with Gasteiger partial charge in [0.15, 0.2) is 5.82 Å². The number of rotatable bonds is 3. The minimum atomic E-state index is -0.561. The smallest absolute Gasteiger partial charge is 0.152 e. The molecule has 1 nitrogen and oxygen atoms in total. The molecule has 0 aliphatic heterocycles. The summed E-state index contributed by atoms with van der Waals surface area (Å²) in [6.45, 7) is 8.13. The van der Waals surface area contributed by atoms with Gasteiger partial charge in [0.2, 0.25) is 0 Å². The fraction of sp³-hybridized carbons (Fsp3) is 0.294. The van der Waals surface area contributed by atoms with Crippen LogP contribution in [0.4, 0.5) is 14.5 Å². The molecule has 2 aromatic rings. The van der Waals surface area contributed by atoms with Gasteiger partial charge in [-0.3, -0.25) is 0 Å². The van der Waals surface area contributed by atoms with E-state index in [1.165, 1.54) is 23.3 Å². The topological polar surface area (TPSA) is 12.0 Å². The Balaban J connectivity index is 2.26. The molecule has 0 aliphatic carbocycles. The molecule has 106 valence electrons. The van der Waals surface area contributed by atoms with Gasteiger partial charge in [-0.25, -0.2) is 8.78 Å². The van der Waals surface area contributed by atoms with Gasteiger partial charge in [-0.05, 0) is 61.6 Å². The maximum Gasteiger partial charge on any atom is 0.152 e. The summed E-state index contributed by atoms with van der Waals surface area (Å²) in [4.78, 5) is 0. The number of aryl methyl sites for hydroxylation is 4. The molecule has 0 fully saturated rings.